The lowest BCUT2D eigenvalue weighted by atomic mass is 9.89. The van der Waals surface area contributed by atoms with E-state index in [2.05, 4.69) is 15.1 Å². The van der Waals surface area contributed by atoms with Crippen LogP contribution in [-0.2, 0) is 0 Å². The summed E-state index contributed by atoms with van der Waals surface area (Å²) >= 11 is 0. The van der Waals surface area contributed by atoms with E-state index in [0.29, 0.717) is 23.0 Å². The third-order valence-electron chi connectivity index (χ3n) is 6.66. The average molecular weight is 417 g/mol. The minimum Gasteiger partial charge on any atom is -0.495 e. The first-order valence-electron chi connectivity index (χ1n) is 11.8. The van der Waals surface area contributed by atoms with Crippen LogP contribution >= 0.6 is 0 Å². The van der Waals surface area contributed by atoms with Gasteiger partial charge < -0.3 is 20.7 Å². The van der Waals surface area contributed by atoms with Gasteiger partial charge in [0.05, 0.1) is 12.8 Å². The highest BCUT2D eigenvalue weighted by atomic mass is 16.5. The van der Waals surface area contributed by atoms with Crippen LogP contribution in [0.5, 0.6) is 5.75 Å². The van der Waals surface area contributed by atoms with Gasteiger partial charge in [-0.3, -0.25) is 9.69 Å². The molecular weight excluding hydrogens is 376 g/mol. The smallest absolute Gasteiger partial charge is 0.251 e. The number of carbonyl (C=O) groups excluding carboxylic acids is 1. The maximum absolute atomic E-state index is 12.6. The Labute approximate surface area is 182 Å². The number of hydrogen-bond donors (Lipinski definition) is 2. The summed E-state index contributed by atoms with van der Waals surface area (Å²) in [5.74, 6) is 1.51. The van der Waals surface area contributed by atoms with Crippen LogP contribution in [0, 0.1) is 5.92 Å². The van der Waals surface area contributed by atoms with Crippen molar-refractivity contribution in [1.82, 2.24) is 15.1 Å². The maximum Gasteiger partial charge on any atom is 0.251 e. The maximum atomic E-state index is 12.6. The summed E-state index contributed by atoms with van der Waals surface area (Å²) in [5, 5.41) is 3.20. The van der Waals surface area contributed by atoms with Crippen molar-refractivity contribution in [2.75, 3.05) is 45.6 Å². The molecule has 0 bridgehead atoms. The molecule has 2 saturated carbocycles. The Hall–Kier alpha value is -1.79. The molecule has 168 valence electrons. The van der Waals surface area contributed by atoms with Gasteiger partial charge in [-0.1, -0.05) is 13.8 Å². The Morgan fingerprint density at radius 2 is 1.73 bits per heavy atom. The molecule has 0 unspecified atom stereocenters. The summed E-state index contributed by atoms with van der Waals surface area (Å²) < 4.78 is 5.23. The van der Waals surface area contributed by atoms with Crippen LogP contribution in [-0.4, -0.2) is 67.6 Å². The molecule has 2 aliphatic carbocycles. The van der Waals surface area contributed by atoms with E-state index in [1.165, 1.54) is 58.4 Å². The number of anilines is 1. The summed E-state index contributed by atoms with van der Waals surface area (Å²) in [6.45, 7) is 10.2. The lowest BCUT2D eigenvalue weighted by molar-refractivity contribution is 0.0694. The van der Waals surface area contributed by atoms with E-state index < -0.39 is 0 Å². The average Bonchev–Trinajstić information content (AvgIpc) is 3.60. The zero-order valence-electron chi connectivity index (χ0n) is 19.0. The van der Waals surface area contributed by atoms with Crippen LogP contribution in [0.15, 0.2) is 18.2 Å². The van der Waals surface area contributed by atoms with Crippen LogP contribution in [0.1, 0.15) is 62.7 Å². The molecule has 3 fully saturated rings. The Bertz CT molecular complexity index is 676. The molecule has 1 aromatic rings. The first-order chi connectivity index (χ1) is 14.6. The highest BCUT2D eigenvalue weighted by molar-refractivity contribution is 5.95. The number of amides is 1. The van der Waals surface area contributed by atoms with Gasteiger partial charge in [-0.15, -0.1) is 0 Å². The summed E-state index contributed by atoms with van der Waals surface area (Å²) in [6.07, 6.45) is 7.37. The van der Waals surface area contributed by atoms with Gasteiger partial charge in [0.1, 0.15) is 5.75 Å². The minimum absolute atomic E-state index is 0.0320. The molecule has 0 spiro atoms. The molecule has 6 nitrogen and oxygen atoms in total. The summed E-state index contributed by atoms with van der Waals surface area (Å²) in [4.78, 5) is 17.9. The second-order valence-electron chi connectivity index (χ2n) is 8.72. The molecule has 1 heterocycles. The number of ether oxygens (including phenoxy) is 1. The Morgan fingerprint density at radius 1 is 1.07 bits per heavy atom. The number of piperazine rings is 1. The fourth-order valence-corrected chi connectivity index (χ4v) is 4.68. The standard InChI is InChI=1S/C22H34N4O2.C2H6/c1-28-21-14-17(4-9-20(21)23)22(27)24-18-5-7-19(8-6-18)26-12-10-25(11-13-26)15-16-2-3-16;1-2/h4,9,14,16,18-19H,2-3,5-8,10-13,15,23H2,1H3,(H,24,27);1-2H3. The van der Waals surface area contributed by atoms with Crippen molar-refractivity contribution in [3.63, 3.8) is 0 Å². The zero-order valence-corrected chi connectivity index (χ0v) is 19.0. The van der Waals surface area contributed by atoms with Gasteiger partial charge in [0, 0.05) is 50.4 Å². The molecule has 1 amide bonds. The number of carbonyl (C=O) groups is 1. The predicted molar refractivity (Wildman–Crippen MR) is 123 cm³/mol. The van der Waals surface area contributed by atoms with E-state index in [1.807, 2.05) is 13.8 Å². The second-order valence-corrected chi connectivity index (χ2v) is 8.72. The SMILES string of the molecule is CC.COc1cc(C(=O)NC2CCC(N3CCN(CC4CC4)CC3)CC2)ccc1N. The Kier molecular flexibility index (Phi) is 8.40. The summed E-state index contributed by atoms with van der Waals surface area (Å²) in [5.41, 5.74) is 7.00. The first kappa shape index (κ1) is 22.9. The van der Waals surface area contributed by atoms with Crippen molar-refractivity contribution in [3.8, 4) is 5.75 Å². The van der Waals surface area contributed by atoms with Crippen molar-refractivity contribution >= 4 is 11.6 Å². The van der Waals surface area contributed by atoms with E-state index in [0.717, 1.165) is 18.8 Å². The predicted octanol–water partition coefficient (Wildman–Crippen LogP) is 3.37. The fourth-order valence-electron chi connectivity index (χ4n) is 4.68. The topological polar surface area (TPSA) is 70.8 Å². The van der Waals surface area contributed by atoms with Crippen LogP contribution in [0.4, 0.5) is 5.69 Å². The number of nitrogen functional groups attached to an aromatic ring is 1. The van der Waals surface area contributed by atoms with E-state index in [1.54, 1.807) is 25.3 Å². The monoisotopic (exact) mass is 416 g/mol. The first-order valence-corrected chi connectivity index (χ1v) is 11.8. The van der Waals surface area contributed by atoms with Gasteiger partial charge in [-0.05, 0) is 62.6 Å². The van der Waals surface area contributed by atoms with Gasteiger partial charge in [-0.25, -0.2) is 0 Å². The van der Waals surface area contributed by atoms with Crippen LogP contribution < -0.4 is 15.8 Å². The molecule has 0 atom stereocenters. The zero-order chi connectivity index (χ0) is 21.5. The number of nitrogens with zero attached hydrogens (tertiary/aromatic N) is 2. The molecule has 3 N–H and O–H groups in total. The summed E-state index contributed by atoms with van der Waals surface area (Å²) in [6, 6.07) is 6.17. The molecule has 0 aromatic heterocycles. The number of methoxy groups -OCH3 is 1. The lowest BCUT2D eigenvalue weighted by Crippen LogP contribution is -2.52. The second kappa shape index (κ2) is 11.0. The van der Waals surface area contributed by atoms with Gasteiger partial charge in [0.25, 0.3) is 5.91 Å². The van der Waals surface area contributed by atoms with Crippen LogP contribution in [0.25, 0.3) is 0 Å². The number of nitrogens with one attached hydrogen (secondary N) is 1. The molecule has 1 aromatic carbocycles. The van der Waals surface area contributed by atoms with E-state index >= 15 is 0 Å². The number of rotatable bonds is 6. The van der Waals surface area contributed by atoms with Gasteiger partial charge in [-0.2, -0.15) is 0 Å². The molecule has 1 aliphatic heterocycles. The van der Waals surface area contributed by atoms with E-state index in [4.69, 9.17) is 10.5 Å². The van der Waals surface area contributed by atoms with E-state index in [-0.39, 0.29) is 11.9 Å². The van der Waals surface area contributed by atoms with Gasteiger partial charge in [0.2, 0.25) is 0 Å². The highest BCUT2D eigenvalue weighted by Crippen LogP contribution is 2.31. The third-order valence-corrected chi connectivity index (χ3v) is 6.66. The van der Waals surface area contributed by atoms with Crippen molar-refractivity contribution < 1.29 is 9.53 Å². The van der Waals surface area contributed by atoms with Crippen molar-refractivity contribution in [2.24, 2.45) is 5.92 Å². The quantitative estimate of drug-likeness (QED) is 0.696. The van der Waals surface area contributed by atoms with Crippen LogP contribution in [0.3, 0.4) is 0 Å². The number of nitrogens with two attached hydrogens (primary N) is 1. The molecule has 3 aliphatic rings. The normalized spacial score (nSPS) is 25.2. The summed E-state index contributed by atoms with van der Waals surface area (Å²) in [7, 11) is 1.57. The highest BCUT2D eigenvalue weighted by Gasteiger charge is 2.31. The van der Waals surface area contributed by atoms with Crippen molar-refractivity contribution in [3.05, 3.63) is 23.8 Å². The molecule has 6 heteroatoms. The molecule has 4 rings (SSSR count). The Morgan fingerprint density at radius 3 is 2.33 bits per heavy atom. The molecule has 1 saturated heterocycles. The number of benzene rings is 1. The van der Waals surface area contributed by atoms with Crippen molar-refractivity contribution in [2.45, 2.75) is 64.5 Å². The minimum atomic E-state index is -0.0320. The number of hydrogen-bond acceptors (Lipinski definition) is 5. The van der Waals surface area contributed by atoms with E-state index in [9.17, 15) is 4.79 Å². The Balaban J connectivity index is 0.00000124. The third kappa shape index (κ3) is 6.11. The van der Waals surface area contributed by atoms with Crippen LogP contribution in [0.2, 0.25) is 0 Å². The lowest BCUT2D eigenvalue weighted by Gasteiger charge is -2.42. The molecule has 30 heavy (non-hydrogen) atoms. The van der Waals surface area contributed by atoms with Gasteiger partial charge in [0.15, 0.2) is 0 Å². The molecular formula is C24H40N4O2. The fraction of sp³-hybridized carbons (Fsp3) is 0.708. The molecule has 0 radical (unpaired) electrons. The largest absolute Gasteiger partial charge is 0.495 e. The van der Waals surface area contributed by atoms with Gasteiger partial charge >= 0.3 is 0 Å². The van der Waals surface area contributed by atoms with Crippen molar-refractivity contribution in [1.29, 1.82) is 0 Å².